The first-order valence-corrected chi connectivity index (χ1v) is 10.1. The van der Waals surface area contributed by atoms with E-state index < -0.39 is 36.8 Å². The van der Waals surface area contributed by atoms with E-state index in [1.807, 2.05) is 0 Å². The lowest BCUT2D eigenvalue weighted by molar-refractivity contribution is -0.294. The zero-order valence-electron chi connectivity index (χ0n) is 18.0. The van der Waals surface area contributed by atoms with Crippen LogP contribution in [0.2, 0.25) is 0 Å². The van der Waals surface area contributed by atoms with Gasteiger partial charge in [0.15, 0.2) is 0 Å². The molecule has 0 aliphatic carbocycles. The van der Waals surface area contributed by atoms with Gasteiger partial charge in [-0.25, -0.2) is 0 Å². The number of aryl methyl sites for hydroxylation is 2. The molecule has 0 saturated heterocycles. The van der Waals surface area contributed by atoms with Gasteiger partial charge in [0.2, 0.25) is 0 Å². The molecule has 0 radical (unpaired) electrons. The van der Waals surface area contributed by atoms with Gasteiger partial charge in [0.25, 0.3) is 0 Å². The van der Waals surface area contributed by atoms with Crippen molar-refractivity contribution in [1.29, 1.82) is 0 Å². The second-order valence-corrected chi connectivity index (χ2v) is 7.20. The topological polar surface area (TPSA) is 30.9 Å². The summed E-state index contributed by atoms with van der Waals surface area (Å²) in [7, 11) is 1.23. The van der Waals surface area contributed by atoms with Crippen LogP contribution in [-0.4, -0.2) is 50.5 Å². The van der Waals surface area contributed by atoms with E-state index in [0.717, 1.165) is 0 Å². The molecule has 4 nitrogen and oxygen atoms in total. The molecule has 0 aromatic heterocycles. The minimum atomic E-state index is -5.18. The summed E-state index contributed by atoms with van der Waals surface area (Å²) in [6, 6.07) is 12.3. The molecule has 1 unspecified atom stereocenters. The molecule has 0 heterocycles. The summed E-state index contributed by atoms with van der Waals surface area (Å²) in [5.41, 5.74) is 1.29. The van der Waals surface area contributed by atoms with Crippen LogP contribution in [0.25, 0.3) is 0 Å². The number of ether oxygens (including phenoxy) is 3. The molecule has 2 rings (SSSR count). The molecular weight excluding hydrogens is 478 g/mol. The third kappa shape index (κ3) is 9.34. The number of hydrogen-bond donors (Lipinski definition) is 0. The van der Waals surface area contributed by atoms with Crippen LogP contribution in [0, 0.1) is 0 Å². The number of nitrogens with zero attached hydrogens (tertiary/aromatic N) is 1. The maximum absolute atomic E-state index is 12.7. The SMILES string of the molecule is COC(CCN(C(F)F)C(F)(F)F)COc1ccccc1CCc1cccc(OC(F)(F)F)c1. The number of para-hydroxylation sites is 1. The molecule has 0 N–H and O–H groups in total. The van der Waals surface area contributed by atoms with Crippen LogP contribution in [-0.2, 0) is 17.6 Å². The van der Waals surface area contributed by atoms with E-state index in [-0.39, 0.29) is 18.8 Å². The normalized spacial score (nSPS) is 13.4. The number of rotatable bonds is 12. The Morgan fingerprint density at radius 2 is 1.62 bits per heavy atom. The van der Waals surface area contributed by atoms with E-state index in [0.29, 0.717) is 29.7 Å². The zero-order chi connectivity index (χ0) is 25.4. The van der Waals surface area contributed by atoms with Crippen molar-refractivity contribution in [2.75, 3.05) is 20.3 Å². The van der Waals surface area contributed by atoms with E-state index in [2.05, 4.69) is 4.74 Å². The van der Waals surface area contributed by atoms with Crippen molar-refractivity contribution >= 4 is 0 Å². The highest BCUT2D eigenvalue weighted by Crippen LogP contribution is 2.27. The predicted molar refractivity (Wildman–Crippen MR) is 107 cm³/mol. The molecule has 0 fully saturated rings. The Balaban J connectivity index is 1.96. The van der Waals surface area contributed by atoms with Crippen LogP contribution in [0.3, 0.4) is 0 Å². The Kier molecular flexibility index (Phi) is 9.92. The fourth-order valence-corrected chi connectivity index (χ4v) is 3.10. The molecule has 2 aromatic rings. The minimum absolute atomic E-state index is 0.183. The molecule has 12 heteroatoms. The quantitative estimate of drug-likeness (QED) is 0.256. The third-order valence-corrected chi connectivity index (χ3v) is 4.80. The first-order chi connectivity index (χ1) is 15.9. The lowest BCUT2D eigenvalue weighted by atomic mass is 10.0. The summed E-state index contributed by atoms with van der Waals surface area (Å²) in [6.45, 7) is -4.85. The zero-order valence-corrected chi connectivity index (χ0v) is 18.0. The molecule has 1 atom stereocenters. The van der Waals surface area contributed by atoms with Gasteiger partial charge in [-0.15, -0.1) is 13.2 Å². The molecule has 0 saturated carbocycles. The van der Waals surface area contributed by atoms with Crippen molar-refractivity contribution < 1.29 is 49.3 Å². The largest absolute Gasteiger partial charge is 0.573 e. The van der Waals surface area contributed by atoms with Crippen LogP contribution in [0.1, 0.15) is 17.5 Å². The molecule has 0 aliphatic rings. The molecule has 2 aromatic carbocycles. The highest BCUT2D eigenvalue weighted by atomic mass is 19.4. The Hall–Kier alpha value is -2.60. The maximum Gasteiger partial charge on any atom is 0.573 e. The summed E-state index contributed by atoms with van der Waals surface area (Å²) >= 11 is 0. The monoisotopic (exact) mass is 501 g/mol. The molecule has 0 amide bonds. The summed E-state index contributed by atoms with van der Waals surface area (Å²) in [4.78, 5) is -0.885. The third-order valence-electron chi connectivity index (χ3n) is 4.80. The minimum Gasteiger partial charge on any atom is -0.491 e. The Bertz CT molecular complexity index is 889. The Labute approximate surface area is 191 Å². The molecular formula is C22H23F8NO3. The fraction of sp³-hybridized carbons (Fsp3) is 0.455. The van der Waals surface area contributed by atoms with Gasteiger partial charge in [-0.1, -0.05) is 30.3 Å². The van der Waals surface area contributed by atoms with Crippen molar-refractivity contribution in [2.24, 2.45) is 0 Å². The molecule has 0 bridgehead atoms. The molecule has 0 spiro atoms. The molecule has 190 valence electrons. The number of methoxy groups -OCH3 is 1. The van der Waals surface area contributed by atoms with Gasteiger partial charge in [-0.05, 0) is 48.6 Å². The van der Waals surface area contributed by atoms with Gasteiger partial charge < -0.3 is 14.2 Å². The molecule has 0 aliphatic heterocycles. The Morgan fingerprint density at radius 3 is 2.24 bits per heavy atom. The van der Waals surface area contributed by atoms with Crippen molar-refractivity contribution in [1.82, 2.24) is 4.90 Å². The van der Waals surface area contributed by atoms with Gasteiger partial charge in [0.1, 0.15) is 18.1 Å². The van der Waals surface area contributed by atoms with Crippen LogP contribution < -0.4 is 9.47 Å². The van der Waals surface area contributed by atoms with Crippen molar-refractivity contribution in [2.45, 2.75) is 44.6 Å². The van der Waals surface area contributed by atoms with Crippen molar-refractivity contribution in [3.8, 4) is 11.5 Å². The van der Waals surface area contributed by atoms with Crippen molar-refractivity contribution in [3.05, 3.63) is 59.7 Å². The van der Waals surface area contributed by atoms with Gasteiger partial charge >= 0.3 is 19.2 Å². The second kappa shape index (κ2) is 12.2. The first-order valence-electron chi connectivity index (χ1n) is 10.1. The van der Waals surface area contributed by atoms with E-state index in [4.69, 9.17) is 9.47 Å². The fourth-order valence-electron chi connectivity index (χ4n) is 3.10. The van der Waals surface area contributed by atoms with Gasteiger partial charge in [-0.2, -0.15) is 26.9 Å². The van der Waals surface area contributed by atoms with Gasteiger partial charge in [-0.3, -0.25) is 0 Å². The predicted octanol–water partition coefficient (Wildman–Crippen LogP) is 6.20. The summed E-state index contributed by atoms with van der Waals surface area (Å²) in [5.74, 6) is 0.0583. The summed E-state index contributed by atoms with van der Waals surface area (Å²) < 4.78 is 115. The highest BCUT2D eigenvalue weighted by Gasteiger charge is 2.42. The number of halogens is 8. The van der Waals surface area contributed by atoms with Gasteiger partial charge in [0.05, 0.1) is 6.10 Å². The van der Waals surface area contributed by atoms with E-state index in [9.17, 15) is 35.1 Å². The van der Waals surface area contributed by atoms with Crippen LogP contribution >= 0.6 is 0 Å². The molecule has 34 heavy (non-hydrogen) atoms. The van der Waals surface area contributed by atoms with E-state index in [1.165, 1.54) is 25.3 Å². The lowest BCUT2D eigenvalue weighted by Crippen LogP contribution is -2.43. The van der Waals surface area contributed by atoms with E-state index in [1.54, 1.807) is 30.3 Å². The smallest absolute Gasteiger partial charge is 0.491 e. The van der Waals surface area contributed by atoms with Crippen LogP contribution in [0.15, 0.2) is 48.5 Å². The van der Waals surface area contributed by atoms with E-state index >= 15 is 0 Å². The average Bonchev–Trinajstić information content (AvgIpc) is 2.73. The number of hydrogen-bond acceptors (Lipinski definition) is 4. The average molecular weight is 501 g/mol. The summed E-state index contributed by atoms with van der Waals surface area (Å²) in [5, 5.41) is 0. The second-order valence-electron chi connectivity index (χ2n) is 7.20. The first kappa shape index (κ1) is 27.6. The van der Waals surface area contributed by atoms with Crippen LogP contribution in [0.5, 0.6) is 11.5 Å². The number of benzene rings is 2. The Morgan fingerprint density at radius 1 is 0.912 bits per heavy atom. The summed E-state index contributed by atoms with van der Waals surface area (Å²) in [6.07, 6.45) is -10.5. The standard InChI is InChI=1S/C22H23F8NO3/c1-32-18(11-12-31(20(23)24)21(25,26)27)14-33-19-8-3-2-6-16(19)10-9-15-5-4-7-17(13-15)34-22(28,29)30/h2-8,13,18,20H,9-12,14H2,1H3. The van der Waals surface area contributed by atoms with Crippen molar-refractivity contribution in [3.63, 3.8) is 0 Å². The highest BCUT2D eigenvalue weighted by molar-refractivity contribution is 5.35. The van der Waals surface area contributed by atoms with Gasteiger partial charge in [0, 0.05) is 13.7 Å². The van der Waals surface area contributed by atoms with Crippen LogP contribution in [0.4, 0.5) is 35.1 Å². The number of alkyl halides is 8. The lowest BCUT2D eigenvalue weighted by Gasteiger charge is -2.25. The maximum atomic E-state index is 12.7.